The van der Waals surface area contributed by atoms with Gasteiger partial charge in [0.05, 0.1) is 11.5 Å². The highest BCUT2D eigenvalue weighted by Gasteiger charge is 2.27. The summed E-state index contributed by atoms with van der Waals surface area (Å²) in [6.07, 6.45) is 2.24. The fraction of sp³-hybridized carbons (Fsp3) is 0.438. The van der Waals surface area contributed by atoms with Crippen LogP contribution in [0.1, 0.15) is 17.0 Å². The Morgan fingerprint density at radius 3 is 2.72 bits per heavy atom. The van der Waals surface area contributed by atoms with E-state index in [0.29, 0.717) is 18.1 Å². The Kier molecular flexibility index (Phi) is 5.64. The highest BCUT2D eigenvalue weighted by atomic mass is 32.2. The van der Waals surface area contributed by atoms with Crippen LogP contribution in [-0.4, -0.2) is 42.7 Å². The molecule has 2 amide bonds. The lowest BCUT2D eigenvalue weighted by Crippen LogP contribution is -2.33. The molecule has 1 atom stereocenters. The van der Waals surface area contributed by atoms with Gasteiger partial charge in [-0.1, -0.05) is 41.7 Å². The summed E-state index contributed by atoms with van der Waals surface area (Å²) in [7, 11) is -2.92. The van der Waals surface area contributed by atoms with E-state index in [0.717, 1.165) is 17.8 Å². The van der Waals surface area contributed by atoms with Crippen molar-refractivity contribution >= 4 is 32.3 Å². The number of hydrogen-bond donors (Lipinski definition) is 2. The number of aryl methyl sites for hydroxylation is 2. The molecule has 1 aromatic heterocycles. The molecule has 0 radical (unpaired) electrons. The number of carbonyl (C=O) groups excluding carboxylic acids is 1. The number of anilines is 1. The van der Waals surface area contributed by atoms with Crippen LogP contribution in [-0.2, 0) is 22.7 Å². The van der Waals surface area contributed by atoms with Crippen LogP contribution in [0.5, 0.6) is 0 Å². The number of sulfone groups is 1. The van der Waals surface area contributed by atoms with Crippen molar-refractivity contribution in [2.24, 2.45) is 5.92 Å². The number of carbonyl (C=O) groups is 1. The van der Waals surface area contributed by atoms with Gasteiger partial charge in [-0.3, -0.25) is 5.32 Å². The third-order valence-corrected chi connectivity index (χ3v) is 6.77. The van der Waals surface area contributed by atoms with Gasteiger partial charge in [0.1, 0.15) is 5.01 Å². The average Bonchev–Trinajstić information content (AvgIpc) is 3.18. The number of rotatable bonds is 6. The largest absolute Gasteiger partial charge is 0.337 e. The minimum absolute atomic E-state index is 0.00777. The quantitative estimate of drug-likeness (QED) is 0.797. The first kappa shape index (κ1) is 17.8. The SMILES string of the molecule is O=C(NCC1CCS(=O)(=O)C1)Nc1nnc(CCc2ccccc2)s1. The molecule has 1 aliphatic heterocycles. The molecule has 1 aromatic carbocycles. The minimum atomic E-state index is -2.92. The van der Waals surface area contributed by atoms with Crippen molar-refractivity contribution in [1.29, 1.82) is 0 Å². The standard InChI is InChI=1S/C16H20N4O3S2/c21-15(17-10-13-8-9-25(22,23)11-13)18-16-20-19-14(24-16)7-6-12-4-2-1-3-5-12/h1-5,13H,6-11H2,(H2,17,18,20,21). The molecule has 1 unspecified atom stereocenters. The molecule has 0 aliphatic carbocycles. The Bertz CT molecular complexity index is 821. The molecule has 1 fully saturated rings. The summed E-state index contributed by atoms with van der Waals surface area (Å²) in [5.74, 6) is 0.351. The summed E-state index contributed by atoms with van der Waals surface area (Å²) in [6, 6.07) is 9.74. The molecule has 3 rings (SSSR count). The van der Waals surface area contributed by atoms with Crippen molar-refractivity contribution in [3.8, 4) is 0 Å². The maximum atomic E-state index is 11.9. The molecule has 7 nitrogen and oxygen atoms in total. The molecule has 0 spiro atoms. The summed E-state index contributed by atoms with van der Waals surface area (Å²) in [5.41, 5.74) is 1.23. The molecule has 25 heavy (non-hydrogen) atoms. The van der Waals surface area contributed by atoms with E-state index in [-0.39, 0.29) is 23.5 Å². The molecule has 9 heteroatoms. The fourth-order valence-electron chi connectivity index (χ4n) is 2.71. The van der Waals surface area contributed by atoms with Crippen LogP contribution >= 0.6 is 11.3 Å². The van der Waals surface area contributed by atoms with E-state index in [2.05, 4.69) is 33.0 Å². The monoisotopic (exact) mass is 380 g/mol. The summed E-state index contributed by atoms with van der Waals surface area (Å²) < 4.78 is 22.8. The number of benzene rings is 1. The van der Waals surface area contributed by atoms with E-state index in [1.54, 1.807) is 0 Å². The maximum absolute atomic E-state index is 11.9. The van der Waals surface area contributed by atoms with Gasteiger partial charge in [0.15, 0.2) is 9.84 Å². The normalized spacial score (nSPS) is 18.8. The maximum Gasteiger partial charge on any atom is 0.321 e. The van der Waals surface area contributed by atoms with E-state index in [1.165, 1.54) is 16.9 Å². The van der Waals surface area contributed by atoms with Crippen LogP contribution in [0.25, 0.3) is 0 Å². The zero-order chi connectivity index (χ0) is 17.7. The number of nitrogens with one attached hydrogen (secondary N) is 2. The van der Waals surface area contributed by atoms with Gasteiger partial charge in [-0.05, 0) is 24.3 Å². The van der Waals surface area contributed by atoms with Crippen molar-refractivity contribution < 1.29 is 13.2 Å². The van der Waals surface area contributed by atoms with Gasteiger partial charge >= 0.3 is 6.03 Å². The van der Waals surface area contributed by atoms with Crippen molar-refractivity contribution in [2.75, 3.05) is 23.4 Å². The number of amides is 2. The Balaban J connectivity index is 1.42. The predicted octanol–water partition coefficient (Wildman–Crippen LogP) is 1.88. The number of hydrogen-bond acceptors (Lipinski definition) is 6. The van der Waals surface area contributed by atoms with Gasteiger partial charge in [-0.25, -0.2) is 13.2 Å². The molecule has 1 saturated heterocycles. The van der Waals surface area contributed by atoms with Crippen LogP contribution in [0, 0.1) is 5.92 Å². The van der Waals surface area contributed by atoms with E-state index >= 15 is 0 Å². The third kappa shape index (κ3) is 5.50. The molecular formula is C16H20N4O3S2. The number of nitrogens with zero attached hydrogens (tertiary/aromatic N) is 2. The summed E-state index contributed by atoms with van der Waals surface area (Å²) in [6.45, 7) is 0.352. The Morgan fingerprint density at radius 1 is 1.20 bits per heavy atom. The van der Waals surface area contributed by atoms with Crippen LogP contribution in [0.2, 0.25) is 0 Å². The molecule has 0 bridgehead atoms. The fourth-order valence-corrected chi connectivity index (χ4v) is 5.31. The van der Waals surface area contributed by atoms with Gasteiger partial charge in [-0.15, -0.1) is 10.2 Å². The smallest absolute Gasteiger partial charge is 0.321 e. The second kappa shape index (κ2) is 7.92. The Hall–Kier alpha value is -2.00. The van der Waals surface area contributed by atoms with E-state index in [1.807, 2.05) is 18.2 Å². The first-order valence-electron chi connectivity index (χ1n) is 8.12. The van der Waals surface area contributed by atoms with Crippen molar-refractivity contribution in [3.63, 3.8) is 0 Å². The van der Waals surface area contributed by atoms with E-state index in [9.17, 15) is 13.2 Å². The second-order valence-electron chi connectivity index (χ2n) is 6.09. The summed E-state index contributed by atoms with van der Waals surface area (Å²) >= 11 is 1.35. The second-order valence-corrected chi connectivity index (χ2v) is 9.38. The van der Waals surface area contributed by atoms with Gasteiger partial charge in [0, 0.05) is 13.0 Å². The Morgan fingerprint density at radius 2 is 2.00 bits per heavy atom. The van der Waals surface area contributed by atoms with Crippen molar-refractivity contribution in [3.05, 3.63) is 40.9 Å². The van der Waals surface area contributed by atoms with E-state index < -0.39 is 9.84 Å². The van der Waals surface area contributed by atoms with Gasteiger partial charge < -0.3 is 5.32 Å². The van der Waals surface area contributed by atoms with Crippen LogP contribution in [0.4, 0.5) is 9.93 Å². The highest BCUT2D eigenvalue weighted by molar-refractivity contribution is 7.91. The lowest BCUT2D eigenvalue weighted by Gasteiger charge is -2.09. The first-order chi connectivity index (χ1) is 12.0. The molecule has 2 heterocycles. The lowest BCUT2D eigenvalue weighted by atomic mass is 10.1. The Labute approximate surface area is 150 Å². The third-order valence-electron chi connectivity index (χ3n) is 4.04. The highest BCUT2D eigenvalue weighted by Crippen LogP contribution is 2.18. The minimum Gasteiger partial charge on any atom is -0.337 e. The van der Waals surface area contributed by atoms with Crippen LogP contribution in [0.15, 0.2) is 30.3 Å². The molecular weight excluding hydrogens is 360 g/mol. The van der Waals surface area contributed by atoms with Crippen molar-refractivity contribution in [2.45, 2.75) is 19.3 Å². The molecule has 2 N–H and O–H groups in total. The summed E-state index contributed by atoms with van der Waals surface area (Å²) in [4.78, 5) is 11.9. The molecule has 0 saturated carbocycles. The van der Waals surface area contributed by atoms with Gasteiger partial charge in [0.2, 0.25) is 5.13 Å². The zero-order valence-electron chi connectivity index (χ0n) is 13.6. The topological polar surface area (TPSA) is 101 Å². The molecule has 2 aromatic rings. The van der Waals surface area contributed by atoms with Crippen LogP contribution in [0.3, 0.4) is 0 Å². The van der Waals surface area contributed by atoms with Crippen LogP contribution < -0.4 is 10.6 Å². The number of aromatic nitrogens is 2. The lowest BCUT2D eigenvalue weighted by molar-refractivity contribution is 0.250. The van der Waals surface area contributed by atoms with E-state index in [4.69, 9.17) is 0 Å². The van der Waals surface area contributed by atoms with Gasteiger partial charge in [0.25, 0.3) is 0 Å². The van der Waals surface area contributed by atoms with Crippen molar-refractivity contribution in [1.82, 2.24) is 15.5 Å². The van der Waals surface area contributed by atoms with Gasteiger partial charge in [-0.2, -0.15) is 0 Å². The first-order valence-corrected chi connectivity index (χ1v) is 10.8. The molecule has 134 valence electrons. The number of urea groups is 1. The average molecular weight is 380 g/mol. The molecule has 1 aliphatic rings. The summed E-state index contributed by atoms with van der Waals surface area (Å²) in [5, 5.41) is 14.7. The zero-order valence-corrected chi connectivity index (χ0v) is 15.3. The predicted molar refractivity (Wildman–Crippen MR) is 97.5 cm³/mol.